The van der Waals surface area contributed by atoms with Gasteiger partial charge in [-0.05, 0) is 25.0 Å². The number of carbonyl (C=O) groups excluding carboxylic acids is 1. The molecule has 1 heterocycles. The molecule has 1 rings (SSSR count). The van der Waals surface area contributed by atoms with Gasteiger partial charge in [-0.15, -0.1) is 0 Å². The fraction of sp³-hybridized carbons (Fsp3) is 0.385. The zero-order chi connectivity index (χ0) is 12.7. The Kier molecular flexibility index (Phi) is 5.20. The molecule has 4 nitrogen and oxygen atoms in total. The number of carbonyl (C=O) groups is 1. The fourth-order valence-electron chi connectivity index (χ4n) is 1.33. The van der Waals surface area contributed by atoms with Gasteiger partial charge in [-0.1, -0.05) is 12.2 Å². The number of hydrogen-bond acceptors (Lipinski definition) is 4. The van der Waals surface area contributed by atoms with Crippen LogP contribution in [0.5, 0.6) is 5.88 Å². The number of pyridine rings is 1. The molecule has 0 spiro atoms. The monoisotopic (exact) mass is 235 g/mol. The van der Waals surface area contributed by atoms with Crippen LogP contribution in [0.1, 0.15) is 24.5 Å². The number of nitrogens with zero attached hydrogens (tertiary/aromatic N) is 1. The van der Waals surface area contributed by atoms with E-state index in [0.717, 1.165) is 11.1 Å². The van der Waals surface area contributed by atoms with E-state index in [-0.39, 0.29) is 12.4 Å². The number of hydrogen-bond donors (Lipinski definition) is 0. The van der Waals surface area contributed by atoms with Gasteiger partial charge in [0, 0.05) is 12.3 Å². The van der Waals surface area contributed by atoms with E-state index in [1.54, 1.807) is 26.3 Å². The van der Waals surface area contributed by atoms with Crippen molar-refractivity contribution in [3.8, 4) is 5.88 Å². The number of aromatic nitrogens is 1. The van der Waals surface area contributed by atoms with Crippen LogP contribution in [0.25, 0.3) is 6.08 Å². The lowest BCUT2D eigenvalue weighted by atomic mass is 10.1. The first kappa shape index (κ1) is 13.2. The first-order chi connectivity index (χ1) is 8.17. The van der Waals surface area contributed by atoms with Crippen molar-refractivity contribution in [2.45, 2.75) is 20.3 Å². The summed E-state index contributed by atoms with van der Waals surface area (Å²) >= 11 is 0. The van der Waals surface area contributed by atoms with Gasteiger partial charge < -0.3 is 9.47 Å². The Morgan fingerprint density at radius 3 is 2.88 bits per heavy atom. The summed E-state index contributed by atoms with van der Waals surface area (Å²) < 4.78 is 9.84. The minimum atomic E-state index is -0.220. The second-order valence-electron chi connectivity index (χ2n) is 3.49. The van der Waals surface area contributed by atoms with Gasteiger partial charge in [0.1, 0.15) is 0 Å². The molecule has 0 aliphatic heterocycles. The second-order valence-corrected chi connectivity index (χ2v) is 3.49. The molecule has 0 atom stereocenters. The van der Waals surface area contributed by atoms with Crippen LogP contribution in [0.2, 0.25) is 0 Å². The highest BCUT2D eigenvalue weighted by Gasteiger charge is 2.00. The zero-order valence-corrected chi connectivity index (χ0v) is 10.4. The fourth-order valence-corrected chi connectivity index (χ4v) is 1.33. The standard InChI is InChI=1S/C13H17NO3/c1-4-17-13(15)7-5-6-11-9-14-12(16-3)8-10(11)2/h5-6,8-9H,4,7H2,1-3H3. The number of esters is 1. The van der Waals surface area contributed by atoms with Gasteiger partial charge in [0.15, 0.2) is 0 Å². The molecule has 17 heavy (non-hydrogen) atoms. The van der Waals surface area contributed by atoms with Crippen molar-refractivity contribution in [1.29, 1.82) is 0 Å². The molecule has 1 aromatic rings. The smallest absolute Gasteiger partial charge is 0.309 e. The maximum Gasteiger partial charge on any atom is 0.309 e. The minimum absolute atomic E-state index is 0.220. The molecule has 0 radical (unpaired) electrons. The predicted octanol–water partition coefficient (Wildman–Crippen LogP) is 2.37. The highest BCUT2D eigenvalue weighted by Crippen LogP contribution is 2.14. The lowest BCUT2D eigenvalue weighted by molar-refractivity contribution is -0.142. The van der Waals surface area contributed by atoms with Crippen LogP contribution in [0, 0.1) is 6.92 Å². The van der Waals surface area contributed by atoms with E-state index in [2.05, 4.69) is 4.98 Å². The molecule has 0 saturated heterocycles. The summed E-state index contributed by atoms with van der Waals surface area (Å²) in [5.41, 5.74) is 2.02. The second kappa shape index (κ2) is 6.68. The zero-order valence-electron chi connectivity index (χ0n) is 10.4. The lowest BCUT2D eigenvalue weighted by Crippen LogP contribution is -2.01. The molecular formula is C13H17NO3. The third kappa shape index (κ3) is 4.26. The average molecular weight is 235 g/mol. The average Bonchev–Trinajstić information content (AvgIpc) is 2.31. The van der Waals surface area contributed by atoms with E-state index in [1.165, 1.54) is 0 Å². The minimum Gasteiger partial charge on any atom is -0.481 e. The van der Waals surface area contributed by atoms with Crippen LogP contribution >= 0.6 is 0 Å². The molecule has 0 aromatic carbocycles. The van der Waals surface area contributed by atoms with Gasteiger partial charge in [0.05, 0.1) is 20.1 Å². The largest absolute Gasteiger partial charge is 0.481 e. The summed E-state index contributed by atoms with van der Waals surface area (Å²) in [7, 11) is 1.58. The van der Waals surface area contributed by atoms with E-state index in [9.17, 15) is 4.79 Å². The van der Waals surface area contributed by atoms with Crippen LogP contribution in [0.4, 0.5) is 0 Å². The Morgan fingerprint density at radius 2 is 2.29 bits per heavy atom. The van der Waals surface area contributed by atoms with Crippen molar-refractivity contribution in [3.05, 3.63) is 29.5 Å². The molecule has 0 aliphatic carbocycles. The van der Waals surface area contributed by atoms with Crippen molar-refractivity contribution in [3.63, 3.8) is 0 Å². The summed E-state index contributed by atoms with van der Waals surface area (Å²) in [5, 5.41) is 0. The molecule has 0 saturated carbocycles. The van der Waals surface area contributed by atoms with Gasteiger partial charge in [-0.25, -0.2) is 4.98 Å². The number of methoxy groups -OCH3 is 1. The highest BCUT2D eigenvalue weighted by molar-refractivity contribution is 5.72. The van der Waals surface area contributed by atoms with Gasteiger partial charge in [-0.3, -0.25) is 4.79 Å². The normalized spacial score (nSPS) is 10.5. The van der Waals surface area contributed by atoms with Crippen molar-refractivity contribution >= 4 is 12.0 Å². The van der Waals surface area contributed by atoms with Crippen LogP contribution in [-0.2, 0) is 9.53 Å². The molecule has 1 aromatic heterocycles. The molecule has 4 heteroatoms. The number of aryl methyl sites for hydroxylation is 1. The van der Waals surface area contributed by atoms with E-state index in [4.69, 9.17) is 9.47 Å². The van der Waals surface area contributed by atoms with Gasteiger partial charge in [0.2, 0.25) is 5.88 Å². The van der Waals surface area contributed by atoms with Crippen LogP contribution in [0.15, 0.2) is 18.3 Å². The molecule has 0 unspecified atom stereocenters. The summed E-state index contributed by atoms with van der Waals surface area (Å²) in [6.45, 7) is 4.17. The van der Waals surface area contributed by atoms with Crippen molar-refractivity contribution < 1.29 is 14.3 Å². The third-order valence-corrected chi connectivity index (χ3v) is 2.22. The topological polar surface area (TPSA) is 48.4 Å². The first-order valence-electron chi connectivity index (χ1n) is 5.50. The van der Waals surface area contributed by atoms with Gasteiger partial charge in [0.25, 0.3) is 0 Å². The van der Waals surface area contributed by atoms with E-state index in [0.29, 0.717) is 12.5 Å². The summed E-state index contributed by atoms with van der Waals surface area (Å²) in [4.78, 5) is 15.2. The molecule has 0 amide bonds. The van der Waals surface area contributed by atoms with E-state index < -0.39 is 0 Å². The van der Waals surface area contributed by atoms with E-state index >= 15 is 0 Å². The Hall–Kier alpha value is -1.84. The number of ether oxygens (including phenoxy) is 2. The maximum absolute atomic E-state index is 11.1. The Morgan fingerprint density at radius 1 is 1.53 bits per heavy atom. The first-order valence-corrected chi connectivity index (χ1v) is 5.50. The maximum atomic E-state index is 11.1. The Labute approximate surface area is 101 Å². The number of rotatable bonds is 5. The van der Waals surface area contributed by atoms with Crippen molar-refractivity contribution in [2.75, 3.05) is 13.7 Å². The van der Waals surface area contributed by atoms with Gasteiger partial charge >= 0.3 is 5.97 Å². The molecule has 0 fully saturated rings. The predicted molar refractivity (Wildman–Crippen MR) is 65.8 cm³/mol. The summed E-state index contributed by atoms with van der Waals surface area (Å²) in [6.07, 6.45) is 5.63. The third-order valence-electron chi connectivity index (χ3n) is 2.22. The lowest BCUT2D eigenvalue weighted by Gasteiger charge is -2.03. The summed E-state index contributed by atoms with van der Waals surface area (Å²) in [6, 6.07) is 1.85. The van der Waals surface area contributed by atoms with E-state index in [1.807, 2.05) is 19.1 Å². The SMILES string of the molecule is CCOC(=O)CC=Cc1cnc(OC)cc1C. The van der Waals surface area contributed by atoms with Crippen LogP contribution < -0.4 is 4.74 Å². The summed E-state index contributed by atoms with van der Waals surface area (Å²) in [5.74, 6) is 0.368. The molecule has 0 bridgehead atoms. The Bertz CT molecular complexity index is 413. The molecular weight excluding hydrogens is 218 g/mol. The van der Waals surface area contributed by atoms with Crippen molar-refractivity contribution in [2.24, 2.45) is 0 Å². The Balaban J connectivity index is 2.62. The van der Waals surface area contributed by atoms with Crippen LogP contribution in [-0.4, -0.2) is 24.7 Å². The van der Waals surface area contributed by atoms with Crippen molar-refractivity contribution in [1.82, 2.24) is 4.98 Å². The van der Waals surface area contributed by atoms with Gasteiger partial charge in [-0.2, -0.15) is 0 Å². The molecule has 92 valence electrons. The quantitative estimate of drug-likeness (QED) is 0.735. The molecule has 0 aliphatic rings. The molecule has 0 N–H and O–H groups in total. The van der Waals surface area contributed by atoms with Crippen LogP contribution in [0.3, 0.4) is 0 Å². The highest BCUT2D eigenvalue weighted by atomic mass is 16.5.